The second-order valence-corrected chi connectivity index (χ2v) is 7.39. The molecule has 156 valence electrons. The Kier molecular flexibility index (Phi) is 7.81. The molecule has 1 fully saturated rings. The fraction of sp³-hybridized carbons (Fsp3) is 0.429. The lowest BCUT2D eigenvalue weighted by molar-refractivity contribution is 0.0676. The Bertz CT molecular complexity index is 772. The van der Waals surface area contributed by atoms with E-state index in [1.165, 1.54) is 6.26 Å². The van der Waals surface area contributed by atoms with Gasteiger partial charge in [-0.1, -0.05) is 11.6 Å². The number of hydrogen-bond donors (Lipinski definition) is 2. The van der Waals surface area contributed by atoms with Gasteiger partial charge in [-0.2, -0.15) is 0 Å². The van der Waals surface area contributed by atoms with Gasteiger partial charge in [0.05, 0.1) is 12.9 Å². The third-order valence-electron chi connectivity index (χ3n) is 4.79. The van der Waals surface area contributed by atoms with Crippen LogP contribution in [0.3, 0.4) is 0 Å². The first-order valence-corrected chi connectivity index (χ1v) is 10.2. The summed E-state index contributed by atoms with van der Waals surface area (Å²) in [5, 5.41) is 6.54. The molecule has 0 radical (unpaired) electrons. The van der Waals surface area contributed by atoms with Crippen LogP contribution in [0.1, 0.15) is 36.2 Å². The molecule has 1 saturated heterocycles. The van der Waals surface area contributed by atoms with Crippen molar-refractivity contribution in [3.05, 3.63) is 53.4 Å². The molecule has 1 aliphatic rings. The molecule has 3 amide bonds. The number of nitrogens with zero attached hydrogens (tertiary/aromatic N) is 1. The Labute approximate surface area is 175 Å². The van der Waals surface area contributed by atoms with Crippen molar-refractivity contribution in [2.24, 2.45) is 0 Å². The maximum atomic E-state index is 12.2. The highest BCUT2D eigenvalue weighted by atomic mass is 35.5. The van der Waals surface area contributed by atoms with Gasteiger partial charge in [0, 0.05) is 30.7 Å². The molecule has 0 unspecified atom stereocenters. The number of unbranched alkanes of at least 4 members (excludes halogenated alkanes) is 1. The van der Waals surface area contributed by atoms with Gasteiger partial charge in [-0.3, -0.25) is 4.79 Å². The van der Waals surface area contributed by atoms with Crippen molar-refractivity contribution in [2.45, 2.75) is 31.7 Å². The highest BCUT2D eigenvalue weighted by Gasteiger charge is 2.25. The number of benzene rings is 1. The second-order valence-electron chi connectivity index (χ2n) is 6.95. The Morgan fingerprint density at radius 2 is 1.90 bits per heavy atom. The number of urea groups is 1. The topological polar surface area (TPSA) is 83.8 Å². The summed E-state index contributed by atoms with van der Waals surface area (Å²) in [5.74, 6) is 1.05. The number of piperidine rings is 1. The Morgan fingerprint density at radius 3 is 2.59 bits per heavy atom. The molecule has 2 aromatic rings. The lowest BCUT2D eigenvalue weighted by Crippen LogP contribution is -2.49. The van der Waals surface area contributed by atoms with E-state index in [4.69, 9.17) is 20.8 Å². The van der Waals surface area contributed by atoms with Crippen molar-refractivity contribution >= 4 is 23.5 Å². The number of furan rings is 1. The number of nitrogens with one attached hydrogen (secondary N) is 2. The predicted molar refractivity (Wildman–Crippen MR) is 110 cm³/mol. The first kappa shape index (κ1) is 21.0. The number of carbonyl (C=O) groups is 2. The van der Waals surface area contributed by atoms with E-state index in [0.717, 1.165) is 31.4 Å². The zero-order valence-corrected chi connectivity index (χ0v) is 17.0. The van der Waals surface area contributed by atoms with Gasteiger partial charge in [-0.05, 0) is 62.1 Å². The minimum Gasteiger partial charge on any atom is -0.494 e. The maximum Gasteiger partial charge on any atom is 0.315 e. The first-order chi connectivity index (χ1) is 14.1. The van der Waals surface area contributed by atoms with Crippen LogP contribution in [-0.4, -0.2) is 49.1 Å². The first-order valence-electron chi connectivity index (χ1n) is 9.87. The largest absolute Gasteiger partial charge is 0.494 e. The summed E-state index contributed by atoms with van der Waals surface area (Å²) in [6.45, 7) is 2.39. The van der Waals surface area contributed by atoms with Crippen LogP contribution in [-0.2, 0) is 0 Å². The lowest BCUT2D eigenvalue weighted by atomic mass is 10.0. The standard InChI is InChI=1S/C21H26ClN3O4/c22-16-5-7-18(8-6-16)28-14-2-1-11-23-21(27)24-17-9-12-25(13-10-17)20(26)19-4-3-15-29-19/h3-8,15,17H,1-2,9-14H2,(H2,23,24,27). The minimum absolute atomic E-state index is 0.0730. The lowest BCUT2D eigenvalue weighted by Gasteiger charge is -2.31. The van der Waals surface area contributed by atoms with Gasteiger partial charge in [0.15, 0.2) is 5.76 Å². The molecule has 2 N–H and O–H groups in total. The van der Waals surface area contributed by atoms with E-state index in [1.807, 2.05) is 12.1 Å². The smallest absolute Gasteiger partial charge is 0.315 e. The van der Waals surface area contributed by atoms with E-state index < -0.39 is 0 Å². The Hall–Kier alpha value is -2.67. The fourth-order valence-corrected chi connectivity index (χ4v) is 3.30. The average Bonchev–Trinajstić information content (AvgIpc) is 3.27. The number of likely N-dealkylation sites (tertiary alicyclic amines) is 1. The van der Waals surface area contributed by atoms with Gasteiger partial charge in [0.2, 0.25) is 0 Å². The molecule has 1 aromatic heterocycles. The zero-order valence-electron chi connectivity index (χ0n) is 16.2. The number of halogens is 1. The molecule has 7 nitrogen and oxygen atoms in total. The minimum atomic E-state index is -0.167. The summed E-state index contributed by atoms with van der Waals surface area (Å²) in [6.07, 6.45) is 4.63. The van der Waals surface area contributed by atoms with Crippen LogP contribution >= 0.6 is 11.6 Å². The summed E-state index contributed by atoms with van der Waals surface area (Å²) < 4.78 is 10.8. The molecule has 8 heteroatoms. The molecule has 1 aliphatic heterocycles. The third-order valence-corrected chi connectivity index (χ3v) is 5.04. The van der Waals surface area contributed by atoms with Gasteiger partial charge in [0.1, 0.15) is 5.75 Å². The van der Waals surface area contributed by atoms with E-state index in [9.17, 15) is 9.59 Å². The Balaban J connectivity index is 1.24. The summed E-state index contributed by atoms with van der Waals surface area (Å²) in [6, 6.07) is 10.5. The van der Waals surface area contributed by atoms with Crippen LogP contribution in [0.15, 0.2) is 47.1 Å². The number of rotatable bonds is 8. The van der Waals surface area contributed by atoms with Crippen LogP contribution in [0, 0.1) is 0 Å². The van der Waals surface area contributed by atoms with Gasteiger partial charge in [-0.25, -0.2) is 4.79 Å². The molecular formula is C21H26ClN3O4. The molecular weight excluding hydrogens is 394 g/mol. The zero-order chi connectivity index (χ0) is 20.5. The number of carbonyl (C=O) groups excluding carboxylic acids is 2. The molecule has 2 heterocycles. The number of hydrogen-bond acceptors (Lipinski definition) is 4. The fourth-order valence-electron chi connectivity index (χ4n) is 3.17. The molecule has 29 heavy (non-hydrogen) atoms. The molecule has 0 spiro atoms. The molecule has 0 atom stereocenters. The number of amides is 3. The van der Waals surface area contributed by atoms with E-state index in [-0.39, 0.29) is 18.0 Å². The SMILES string of the molecule is O=C(NCCCCOc1ccc(Cl)cc1)NC1CCN(C(=O)c2ccco2)CC1. The monoisotopic (exact) mass is 419 g/mol. The molecule has 1 aromatic carbocycles. The molecule has 3 rings (SSSR count). The third kappa shape index (κ3) is 6.71. The van der Waals surface area contributed by atoms with E-state index in [1.54, 1.807) is 29.2 Å². The van der Waals surface area contributed by atoms with Crippen molar-refractivity contribution in [3.8, 4) is 5.75 Å². The van der Waals surface area contributed by atoms with E-state index >= 15 is 0 Å². The second kappa shape index (κ2) is 10.8. The van der Waals surface area contributed by atoms with Crippen molar-refractivity contribution in [1.29, 1.82) is 0 Å². The average molecular weight is 420 g/mol. The van der Waals surface area contributed by atoms with Crippen LogP contribution < -0.4 is 15.4 Å². The van der Waals surface area contributed by atoms with E-state index in [0.29, 0.717) is 37.0 Å². The van der Waals surface area contributed by atoms with Crippen LogP contribution in [0.2, 0.25) is 5.02 Å². The van der Waals surface area contributed by atoms with Crippen LogP contribution in [0.5, 0.6) is 5.75 Å². The molecule has 0 bridgehead atoms. The van der Waals surface area contributed by atoms with Gasteiger partial charge in [0.25, 0.3) is 5.91 Å². The normalized spacial score (nSPS) is 14.4. The highest BCUT2D eigenvalue weighted by molar-refractivity contribution is 6.30. The van der Waals surface area contributed by atoms with Crippen molar-refractivity contribution in [3.63, 3.8) is 0 Å². The highest BCUT2D eigenvalue weighted by Crippen LogP contribution is 2.16. The number of ether oxygens (including phenoxy) is 1. The van der Waals surface area contributed by atoms with Crippen molar-refractivity contribution in [2.75, 3.05) is 26.2 Å². The summed E-state index contributed by atoms with van der Waals surface area (Å²) in [4.78, 5) is 26.0. The van der Waals surface area contributed by atoms with Crippen LogP contribution in [0.25, 0.3) is 0 Å². The van der Waals surface area contributed by atoms with E-state index in [2.05, 4.69) is 10.6 Å². The quantitative estimate of drug-likeness (QED) is 0.639. The predicted octanol–water partition coefficient (Wildman–Crippen LogP) is 3.70. The van der Waals surface area contributed by atoms with Gasteiger partial charge >= 0.3 is 6.03 Å². The van der Waals surface area contributed by atoms with Crippen molar-refractivity contribution in [1.82, 2.24) is 15.5 Å². The van der Waals surface area contributed by atoms with Gasteiger partial charge < -0.3 is 24.7 Å². The Morgan fingerprint density at radius 1 is 1.14 bits per heavy atom. The van der Waals surface area contributed by atoms with Crippen molar-refractivity contribution < 1.29 is 18.7 Å². The summed E-state index contributed by atoms with van der Waals surface area (Å²) in [5.41, 5.74) is 0. The maximum absolute atomic E-state index is 12.2. The van der Waals surface area contributed by atoms with Crippen LogP contribution in [0.4, 0.5) is 4.79 Å². The molecule has 0 aliphatic carbocycles. The summed E-state index contributed by atoms with van der Waals surface area (Å²) >= 11 is 5.83. The summed E-state index contributed by atoms with van der Waals surface area (Å²) in [7, 11) is 0. The molecule has 0 saturated carbocycles. The van der Waals surface area contributed by atoms with Gasteiger partial charge in [-0.15, -0.1) is 0 Å².